The summed E-state index contributed by atoms with van der Waals surface area (Å²) < 4.78 is 26.6. The minimum Gasteiger partial charge on any atom is -0.330 e. The summed E-state index contributed by atoms with van der Waals surface area (Å²) in [7, 11) is -3.36. The van der Waals surface area contributed by atoms with Gasteiger partial charge in [0.15, 0.2) is 0 Å². The number of unbranched alkanes of at least 4 members (excludes halogenated alkanes) is 1. The number of benzene rings is 1. The molecule has 0 saturated heterocycles. The second-order valence-electron chi connectivity index (χ2n) is 3.54. The van der Waals surface area contributed by atoms with E-state index in [0.29, 0.717) is 30.1 Å². The minimum atomic E-state index is -3.36. The zero-order valence-corrected chi connectivity index (χ0v) is 12.3. The molecule has 0 atom stereocenters. The maximum Gasteiger partial charge on any atom is 0.232 e. The van der Waals surface area contributed by atoms with Gasteiger partial charge in [0.2, 0.25) is 10.0 Å². The van der Waals surface area contributed by atoms with Gasteiger partial charge in [-0.1, -0.05) is 27.5 Å². The second kappa shape index (κ2) is 6.58. The first kappa shape index (κ1) is 14.8. The van der Waals surface area contributed by atoms with Gasteiger partial charge in [0, 0.05) is 4.47 Å². The van der Waals surface area contributed by atoms with Crippen LogP contribution >= 0.6 is 27.5 Å². The molecule has 1 aromatic carbocycles. The van der Waals surface area contributed by atoms with Crippen molar-refractivity contribution in [3.8, 4) is 0 Å². The van der Waals surface area contributed by atoms with Gasteiger partial charge in [-0.25, -0.2) is 8.42 Å². The van der Waals surface area contributed by atoms with Crippen LogP contribution in [0.15, 0.2) is 22.7 Å². The van der Waals surface area contributed by atoms with Crippen molar-refractivity contribution < 1.29 is 8.42 Å². The van der Waals surface area contributed by atoms with Crippen LogP contribution < -0.4 is 10.5 Å². The Bertz CT molecular complexity index is 479. The molecule has 0 amide bonds. The van der Waals surface area contributed by atoms with Crippen LogP contribution in [0.1, 0.15) is 12.8 Å². The number of sulfonamides is 1. The van der Waals surface area contributed by atoms with Gasteiger partial charge >= 0.3 is 0 Å². The van der Waals surface area contributed by atoms with Gasteiger partial charge in [0.05, 0.1) is 16.5 Å². The van der Waals surface area contributed by atoms with E-state index in [0.717, 1.165) is 4.47 Å². The van der Waals surface area contributed by atoms with Crippen molar-refractivity contribution in [1.29, 1.82) is 0 Å². The van der Waals surface area contributed by atoms with Crippen molar-refractivity contribution in [2.45, 2.75) is 12.8 Å². The molecule has 0 fully saturated rings. The van der Waals surface area contributed by atoms with E-state index in [2.05, 4.69) is 20.7 Å². The van der Waals surface area contributed by atoms with Crippen molar-refractivity contribution in [3.05, 3.63) is 27.7 Å². The quantitative estimate of drug-likeness (QED) is 0.781. The fraction of sp³-hybridized carbons (Fsp3) is 0.400. The Balaban J connectivity index is 2.72. The number of halogens is 2. The predicted octanol–water partition coefficient (Wildman–Crippen LogP) is 2.58. The van der Waals surface area contributed by atoms with Crippen molar-refractivity contribution in [1.82, 2.24) is 0 Å². The van der Waals surface area contributed by atoms with Gasteiger partial charge in [-0.15, -0.1) is 0 Å². The molecule has 0 aromatic heterocycles. The first-order valence-corrected chi connectivity index (χ1v) is 7.92. The standard InChI is InChI=1S/C10H14BrClN2O2S/c11-8-3-4-9(12)10(7-8)14-17(15,16)6-2-1-5-13/h3-4,7,14H,1-2,5-6,13H2. The molecule has 0 heterocycles. The molecule has 3 N–H and O–H groups in total. The SMILES string of the molecule is NCCCCS(=O)(=O)Nc1cc(Br)ccc1Cl. The lowest BCUT2D eigenvalue weighted by Gasteiger charge is -2.09. The monoisotopic (exact) mass is 340 g/mol. The highest BCUT2D eigenvalue weighted by Gasteiger charge is 2.12. The summed E-state index contributed by atoms with van der Waals surface area (Å²) >= 11 is 9.15. The first-order chi connectivity index (χ1) is 7.94. The molecule has 0 saturated carbocycles. The highest BCUT2D eigenvalue weighted by molar-refractivity contribution is 9.10. The number of rotatable bonds is 6. The van der Waals surface area contributed by atoms with Crippen LogP contribution in [0.2, 0.25) is 5.02 Å². The number of hydrogen-bond donors (Lipinski definition) is 2. The molecule has 96 valence electrons. The van der Waals surface area contributed by atoms with Crippen LogP contribution in [0.25, 0.3) is 0 Å². The van der Waals surface area contributed by atoms with Crippen molar-refractivity contribution in [2.75, 3.05) is 17.0 Å². The molecule has 0 spiro atoms. The summed E-state index contributed by atoms with van der Waals surface area (Å²) in [5.74, 6) is 0.0487. The van der Waals surface area contributed by atoms with Gasteiger partial charge in [0.1, 0.15) is 0 Å². The number of hydrogen-bond acceptors (Lipinski definition) is 3. The van der Waals surface area contributed by atoms with Gasteiger partial charge in [-0.05, 0) is 37.6 Å². The number of nitrogens with one attached hydrogen (secondary N) is 1. The lowest BCUT2D eigenvalue weighted by molar-refractivity contribution is 0.597. The molecule has 0 bridgehead atoms. The van der Waals surface area contributed by atoms with Crippen molar-refractivity contribution in [3.63, 3.8) is 0 Å². The zero-order valence-electron chi connectivity index (χ0n) is 9.12. The van der Waals surface area contributed by atoms with E-state index in [-0.39, 0.29) is 5.75 Å². The molecular weight excluding hydrogens is 328 g/mol. The van der Waals surface area contributed by atoms with E-state index in [1.54, 1.807) is 18.2 Å². The third-order valence-electron chi connectivity index (χ3n) is 2.06. The Morgan fingerprint density at radius 1 is 1.35 bits per heavy atom. The number of anilines is 1. The topological polar surface area (TPSA) is 72.2 Å². The van der Waals surface area contributed by atoms with Gasteiger partial charge in [0.25, 0.3) is 0 Å². The molecule has 0 unspecified atom stereocenters. The Hall–Kier alpha value is -0.300. The zero-order chi connectivity index (χ0) is 12.9. The lowest BCUT2D eigenvalue weighted by Crippen LogP contribution is -2.17. The number of nitrogens with two attached hydrogens (primary N) is 1. The Labute approximate surface area is 115 Å². The lowest BCUT2D eigenvalue weighted by atomic mass is 10.3. The fourth-order valence-electron chi connectivity index (χ4n) is 1.23. The van der Waals surface area contributed by atoms with E-state index < -0.39 is 10.0 Å². The Morgan fingerprint density at radius 2 is 2.06 bits per heavy atom. The molecule has 4 nitrogen and oxygen atoms in total. The average Bonchev–Trinajstić information content (AvgIpc) is 2.23. The third-order valence-corrected chi connectivity index (χ3v) is 4.24. The Morgan fingerprint density at radius 3 is 2.71 bits per heavy atom. The third kappa shape index (κ3) is 5.25. The molecule has 17 heavy (non-hydrogen) atoms. The first-order valence-electron chi connectivity index (χ1n) is 5.10. The minimum absolute atomic E-state index is 0.0487. The second-order valence-corrected chi connectivity index (χ2v) is 6.71. The van der Waals surface area contributed by atoms with E-state index in [1.165, 1.54) is 0 Å². The summed E-state index contributed by atoms with van der Waals surface area (Å²) in [4.78, 5) is 0. The highest BCUT2D eigenvalue weighted by atomic mass is 79.9. The van der Waals surface area contributed by atoms with E-state index in [9.17, 15) is 8.42 Å². The maximum absolute atomic E-state index is 11.7. The Kier molecular flexibility index (Phi) is 5.72. The summed E-state index contributed by atoms with van der Waals surface area (Å²) in [5.41, 5.74) is 5.70. The van der Waals surface area contributed by atoms with Crippen LogP contribution in [0.4, 0.5) is 5.69 Å². The van der Waals surface area contributed by atoms with Crippen LogP contribution in [-0.2, 0) is 10.0 Å². The van der Waals surface area contributed by atoms with Gasteiger partial charge < -0.3 is 5.73 Å². The van der Waals surface area contributed by atoms with E-state index in [1.807, 2.05) is 0 Å². The van der Waals surface area contributed by atoms with Gasteiger partial charge in [-0.2, -0.15) is 0 Å². The normalized spacial score (nSPS) is 11.5. The van der Waals surface area contributed by atoms with E-state index >= 15 is 0 Å². The fourth-order valence-corrected chi connectivity index (χ4v) is 3.00. The molecule has 1 rings (SSSR count). The smallest absolute Gasteiger partial charge is 0.232 e. The van der Waals surface area contributed by atoms with Crippen LogP contribution in [0, 0.1) is 0 Å². The molecule has 0 radical (unpaired) electrons. The summed E-state index contributed by atoms with van der Waals surface area (Å²) in [6.45, 7) is 0.493. The van der Waals surface area contributed by atoms with E-state index in [4.69, 9.17) is 17.3 Å². The molecule has 1 aromatic rings. The van der Waals surface area contributed by atoms with Crippen LogP contribution in [0.5, 0.6) is 0 Å². The molecule has 0 aliphatic carbocycles. The molecule has 0 aliphatic rings. The summed E-state index contributed by atoms with van der Waals surface area (Å²) in [6, 6.07) is 5.00. The van der Waals surface area contributed by atoms with Gasteiger partial charge in [-0.3, -0.25) is 4.72 Å². The average molecular weight is 342 g/mol. The molecule has 0 aliphatic heterocycles. The van der Waals surface area contributed by atoms with Crippen LogP contribution in [0.3, 0.4) is 0 Å². The summed E-state index contributed by atoms with van der Waals surface area (Å²) in [5, 5.41) is 0.371. The largest absolute Gasteiger partial charge is 0.330 e. The maximum atomic E-state index is 11.7. The molecular formula is C10H14BrClN2O2S. The van der Waals surface area contributed by atoms with Crippen molar-refractivity contribution in [2.24, 2.45) is 5.73 Å². The highest BCUT2D eigenvalue weighted by Crippen LogP contribution is 2.26. The van der Waals surface area contributed by atoms with Crippen LogP contribution in [-0.4, -0.2) is 20.7 Å². The van der Waals surface area contributed by atoms with Crippen molar-refractivity contribution >= 4 is 43.2 Å². The molecule has 7 heteroatoms. The predicted molar refractivity (Wildman–Crippen MR) is 74.8 cm³/mol. The summed E-state index contributed by atoms with van der Waals surface area (Å²) in [6.07, 6.45) is 1.23.